The van der Waals surface area contributed by atoms with Crippen molar-refractivity contribution in [2.45, 2.75) is 33.9 Å². The standard InChI is InChI=1S/C25H26N4O2S/c1-17-8-5-6-11-24(17)29-19(3)23(18(2)27-29)13-28(4)25(30)20-9-7-10-22(12-20)31-14-21-15-32-16-26-21/h5-12,15-16H,13-14H2,1-4H3. The van der Waals surface area contributed by atoms with Crippen LogP contribution in [0.2, 0.25) is 0 Å². The number of hydrogen-bond acceptors (Lipinski definition) is 5. The second kappa shape index (κ2) is 9.36. The second-order valence-electron chi connectivity index (χ2n) is 7.81. The van der Waals surface area contributed by atoms with Gasteiger partial charge in [0.05, 0.1) is 22.6 Å². The van der Waals surface area contributed by atoms with Crippen molar-refractivity contribution in [3.05, 3.63) is 93.2 Å². The van der Waals surface area contributed by atoms with Gasteiger partial charge in [-0.05, 0) is 50.6 Å². The highest BCUT2D eigenvalue weighted by molar-refractivity contribution is 7.07. The van der Waals surface area contributed by atoms with Crippen molar-refractivity contribution < 1.29 is 9.53 Å². The highest BCUT2D eigenvalue weighted by Crippen LogP contribution is 2.23. The first kappa shape index (κ1) is 21.8. The van der Waals surface area contributed by atoms with Gasteiger partial charge < -0.3 is 9.64 Å². The molecule has 0 aliphatic rings. The minimum absolute atomic E-state index is 0.0634. The summed E-state index contributed by atoms with van der Waals surface area (Å²) in [6.07, 6.45) is 0. The van der Waals surface area contributed by atoms with Crippen LogP contribution in [0.3, 0.4) is 0 Å². The minimum Gasteiger partial charge on any atom is -0.487 e. The Morgan fingerprint density at radius 2 is 1.94 bits per heavy atom. The summed E-state index contributed by atoms with van der Waals surface area (Å²) in [7, 11) is 1.81. The molecule has 0 aliphatic heterocycles. The highest BCUT2D eigenvalue weighted by atomic mass is 32.1. The number of nitrogens with zero attached hydrogens (tertiary/aromatic N) is 4. The third kappa shape index (κ3) is 4.57. The molecule has 4 aromatic rings. The molecule has 0 fully saturated rings. The summed E-state index contributed by atoms with van der Waals surface area (Å²) >= 11 is 1.53. The van der Waals surface area contributed by atoms with Crippen LogP contribution in [-0.4, -0.2) is 32.6 Å². The average molecular weight is 447 g/mol. The number of thiazole rings is 1. The fraction of sp³-hybridized carbons (Fsp3) is 0.240. The lowest BCUT2D eigenvalue weighted by atomic mass is 10.1. The minimum atomic E-state index is -0.0634. The maximum atomic E-state index is 13.1. The molecule has 2 heterocycles. The summed E-state index contributed by atoms with van der Waals surface area (Å²) < 4.78 is 7.76. The molecule has 0 radical (unpaired) electrons. The van der Waals surface area contributed by atoms with Crippen molar-refractivity contribution in [3.8, 4) is 11.4 Å². The molecule has 0 saturated heterocycles. The van der Waals surface area contributed by atoms with E-state index in [0.29, 0.717) is 24.5 Å². The zero-order valence-electron chi connectivity index (χ0n) is 18.7. The summed E-state index contributed by atoms with van der Waals surface area (Å²) in [4.78, 5) is 19.1. The van der Waals surface area contributed by atoms with Gasteiger partial charge in [0.1, 0.15) is 12.4 Å². The van der Waals surface area contributed by atoms with Crippen molar-refractivity contribution in [3.63, 3.8) is 0 Å². The quantitative estimate of drug-likeness (QED) is 0.396. The van der Waals surface area contributed by atoms with Crippen LogP contribution in [0.15, 0.2) is 59.4 Å². The van der Waals surface area contributed by atoms with Crippen molar-refractivity contribution in [1.29, 1.82) is 0 Å². The summed E-state index contributed by atoms with van der Waals surface area (Å²) in [6.45, 7) is 6.97. The Morgan fingerprint density at radius 3 is 2.69 bits per heavy atom. The maximum Gasteiger partial charge on any atom is 0.254 e. The number of ether oxygens (including phenoxy) is 1. The molecule has 2 aromatic heterocycles. The maximum absolute atomic E-state index is 13.1. The molecular formula is C25H26N4O2S. The number of aryl methyl sites for hydroxylation is 2. The third-order valence-electron chi connectivity index (χ3n) is 5.48. The van der Waals surface area contributed by atoms with Gasteiger partial charge in [0.25, 0.3) is 5.91 Å². The van der Waals surface area contributed by atoms with Crippen molar-refractivity contribution in [2.24, 2.45) is 0 Å². The highest BCUT2D eigenvalue weighted by Gasteiger charge is 2.19. The Labute approximate surface area is 192 Å². The molecular weight excluding hydrogens is 420 g/mol. The predicted molar refractivity (Wildman–Crippen MR) is 126 cm³/mol. The van der Waals surface area contributed by atoms with Crippen LogP contribution in [0.25, 0.3) is 5.69 Å². The number of para-hydroxylation sites is 1. The molecule has 1 amide bonds. The summed E-state index contributed by atoms with van der Waals surface area (Å²) in [5.41, 5.74) is 8.47. The van der Waals surface area contributed by atoms with Gasteiger partial charge in [-0.2, -0.15) is 5.10 Å². The predicted octanol–water partition coefficient (Wildman–Crippen LogP) is 5.11. The van der Waals surface area contributed by atoms with Gasteiger partial charge in [-0.1, -0.05) is 24.3 Å². The molecule has 0 spiro atoms. The van der Waals surface area contributed by atoms with E-state index >= 15 is 0 Å². The van der Waals surface area contributed by atoms with Gasteiger partial charge in [0, 0.05) is 35.8 Å². The number of aromatic nitrogens is 3. The van der Waals surface area contributed by atoms with Gasteiger partial charge in [0.2, 0.25) is 0 Å². The SMILES string of the molecule is Cc1ccccc1-n1nc(C)c(CN(C)C(=O)c2cccc(OCc3cscn3)c2)c1C. The van der Waals surface area contributed by atoms with E-state index in [1.54, 1.807) is 16.5 Å². The van der Waals surface area contributed by atoms with Crippen LogP contribution >= 0.6 is 11.3 Å². The van der Waals surface area contributed by atoms with E-state index in [1.807, 2.05) is 61.3 Å². The molecule has 0 aliphatic carbocycles. The van der Waals surface area contributed by atoms with Crippen LogP contribution in [-0.2, 0) is 13.2 Å². The van der Waals surface area contributed by atoms with E-state index in [1.165, 1.54) is 11.3 Å². The Hall–Kier alpha value is -3.45. The lowest BCUT2D eigenvalue weighted by molar-refractivity contribution is 0.0784. The van der Waals surface area contributed by atoms with Crippen LogP contribution in [0, 0.1) is 20.8 Å². The number of carbonyl (C=O) groups excluding carboxylic acids is 1. The van der Waals surface area contributed by atoms with E-state index in [9.17, 15) is 4.79 Å². The fourth-order valence-electron chi connectivity index (χ4n) is 3.65. The molecule has 4 rings (SSSR count). The lowest BCUT2D eigenvalue weighted by Gasteiger charge is -2.18. The molecule has 6 nitrogen and oxygen atoms in total. The van der Waals surface area contributed by atoms with Gasteiger partial charge >= 0.3 is 0 Å². The van der Waals surface area contributed by atoms with E-state index in [0.717, 1.165) is 33.9 Å². The summed E-state index contributed by atoms with van der Waals surface area (Å²) in [5.74, 6) is 0.587. The number of carbonyl (C=O) groups is 1. The largest absolute Gasteiger partial charge is 0.487 e. The van der Waals surface area contributed by atoms with Crippen molar-refractivity contribution in [1.82, 2.24) is 19.7 Å². The molecule has 2 aromatic carbocycles. The first-order valence-corrected chi connectivity index (χ1v) is 11.3. The first-order chi connectivity index (χ1) is 15.4. The topological polar surface area (TPSA) is 60.2 Å². The summed E-state index contributed by atoms with van der Waals surface area (Å²) in [5, 5.41) is 6.69. The Morgan fingerprint density at radius 1 is 1.12 bits per heavy atom. The van der Waals surface area contributed by atoms with Crippen LogP contribution in [0.4, 0.5) is 0 Å². The molecule has 0 N–H and O–H groups in total. The van der Waals surface area contributed by atoms with Crippen molar-refractivity contribution >= 4 is 17.2 Å². The second-order valence-corrected chi connectivity index (χ2v) is 8.52. The molecule has 0 atom stereocenters. The molecule has 0 bridgehead atoms. The Bertz CT molecular complexity index is 1230. The van der Waals surface area contributed by atoms with Crippen LogP contribution < -0.4 is 4.74 Å². The average Bonchev–Trinajstić information content (AvgIpc) is 3.41. The van der Waals surface area contributed by atoms with E-state index in [2.05, 4.69) is 24.0 Å². The molecule has 7 heteroatoms. The van der Waals surface area contributed by atoms with Gasteiger partial charge in [-0.25, -0.2) is 9.67 Å². The monoisotopic (exact) mass is 446 g/mol. The molecule has 0 unspecified atom stereocenters. The number of benzene rings is 2. The third-order valence-corrected chi connectivity index (χ3v) is 6.11. The lowest BCUT2D eigenvalue weighted by Crippen LogP contribution is -2.26. The number of rotatable bonds is 7. The smallest absolute Gasteiger partial charge is 0.254 e. The molecule has 0 saturated carbocycles. The van der Waals surface area contributed by atoms with Gasteiger partial charge in [-0.15, -0.1) is 11.3 Å². The van der Waals surface area contributed by atoms with Gasteiger partial charge in [-0.3, -0.25) is 4.79 Å². The number of hydrogen-bond donors (Lipinski definition) is 0. The van der Waals surface area contributed by atoms with E-state index in [-0.39, 0.29) is 5.91 Å². The summed E-state index contributed by atoms with van der Waals surface area (Å²) in [6, 6.07) is 15.4. The first-order valence-electron chi connectivity index (χ1n) is 10.4. The molecule has 164 valence electrons. The zero-order chi connectivity index (χ0) is 22.7. The van der Waals surface area contributed by atoms with E-state index < -0.39 is 0 Å². The normalized spacial score (nSPS) is 10.9. The van der Waals surface area contributed by atoms with Crippen LogP contribution in [0.5, 0.6) is 5.75 Å². The van der Waals surface area contributed by atoms with Crippen LogP contribution in [0.1, 0.15) is 38.6 Å². The van der Waals surface area contributed by atoms with Crippen molar-refractivity contribution in [2.75, 3.05) is 7.05 Å². The zero-order valence-corrected chi connectivity index (χ0v) is 19.5. The Balaban J connectivity index is 1.50. The van der Waals surface area contributed by atoms with E-state index in [4.69, 9.17) is 9.84 Å². The van der Waals surface area contributed by atoms with Gasteiger partial charge in [0.15, 0.2) is 0 Å². The Kier molecular flexibility index (Phi) is 6.37. The number of amides is 1. The fourth-order valence-corrected chi connectivity index (χ4v) is 4.20. The molecule has 32 heavy (non-hydrogen) atoms.